The maximum absolute atomic E-state index is 13.5. The van der Waals surface area contributed by atoms with Crippen LogP contribution in [0.5, 0.6) is 0 Å². The monoisotopic (exact) mass is 547 g/mol. The Morgan fingerprint density at radius 3 is 2.25 bits per heavy atom. The van der Waals surface area contributed by atoms with Crippen LogP contribution in [-0.4, -0.2) is 50.0 Å². The number of carbonyl (C=O) groups excluding carboxylic acids is 2. The van der Waals surface area contributed by atoms with Gasteiger partial charge < -0.3 is 10.2 Å². The smallest absolute Gasteiger partial charge is 0.352 e. The van der Waals surface area contributed by atoms with Crippen molar-refractivity contribution in [1.29, 1.82) is 0 Å². The standard InChI is InChI=1S/C24H29ClF3N3O4S/c1-5-21(23(33)29-16(2)3)30(14-17-9-6-7-12-20(17)25)22(32)15-31(36(4,34)35)19-11-8-10-18(13-19)24(26,27)28/h6-13,16,21H,5,14-15H2,1-4H3,(H,29,33). The summed E-state index contributed by atoms with van der Waals surface area (Å²) in [4.78, 5) is 27.7. The number of nitrogens with one attached hydrogen (secondary N) is 1. The lowest BCUT2D eigenvalue weighted by molar-refractivity contribution is -0.140. The molecule has 12 heteroatoms. The maximum atomic E-state index is 13.5. The molecule has 0 aliphatic heterocycles. The number of anilines is 1. The fourth-order valence-electron chi connectivity index (χ4n) is 3.56. The molecule has 1 unspecified atom stereocenters. The summed E-state index contributed by atoms with van der Waals surface area (Å²) >= 11 is 6.27. The average molecular weight is 548 g/mol. The summed E-state index contributed by atoms with van der Waals surface area (Å²) in [6, 6.07) is 9.17. The highest BCUT2D eigenvalue weighted by molar-refractivity contribution is 7.92. The zero-order valence-electron chi connectivity index (χ0n) is 20.3. The number of alkyl halides is 3. The van der Waals surface area contributed by atoms with E-state index in [1.54, 1.807) is 45.0 Å². The Morgan fingerprint density at radius 2 is 1.72 bits per heavy atom. The summed E-state index contributed by atoms with van der Waals surface area (Å²) in [6.07, 6.45) is -3.71. The van der Waals surface area contributed by atoms with Gasteiger partial charge in [-0.3, -0.25) is 13.9 Å². The maximum Gasteiger partial charge on any atom is 0.416 e. The molecule has 0 fully saturated rings. The molecule has 2 aromatic carbocycles. The first kappa shape index (κ1) is 29.4. The molecule has 0 aliphatic carbocycles. The van der Waals surface area contributed by atoms with Crippen LogP contribution < -0.4 is 9.62 Å². The van der Waals surface area contributed by atoms with E-state index in [4.69, 9.17) is 11.6 Å². The van der Waals surface area contributed by atoms with Gasteiger partial charge in [-0.1, -0.05) is 42.8 Å². The van der Waals surface area contributed by atoms with Crippen LogP contribution in [0.2, 0.25) is 5.02 Å². The van der Waals surface area contributed by atoms with E-state index in [9.17, 15) is 31.2 Å². The van der Waals surface area contributed by atoms with Gasteiger partial charge >= 0.3 is 6.18 Å². The Morgan fingerprint density at radius 1 is 1.08 bits per heavy atom. The number of halogens is 4. The number of hydrogen-bond donors (Lipinski definition) is 1. The van der Waals surface area contributed by atoms with Gasteiger partial charge in [0.15, 0.2) is 0 Å². The molecule has 0 saturated carbocycles. The molecule has 1 atom stereocenters. The fraction of sp³-hybridized carbons (Fsp3) is 0.417. The van der Waals surface area contributed by atoms with E-state index in [0.717, 1.165) is 18.4 Å². The van der Waals surface area contributed by atoms with Gasteiger partial charge in [0, 0.05) is 17.6 Å². The lowest BCUT2D eigenvalue weighted by Gasteiger charge is -2.33. The molecule has 2 amide bonds. The van der Waals surface area contributed by atoms with Crippen molar-refractivity contribution in [2.75, 3.05) is 17.1 Å². The number of amides is 2. The van der Waals surface area contributed by atoms with Crippen molar-refractivity contribution in [1.82, 2.24) is 10.2 Å². The minimum absolute atomic E-state index is 0.108. The molecule has 2 rings (SSSR count). The number of hydrogen-bond acceptors (Lipinski definition) is 4. The molecule has 2 aromatic rings. The van der Waals surface area contributed by atoms with Crippen LogP contribution in [-0.2, 0) is 32.3 Å². The summed E-state index contributed by atoms with van der Waals surface area (Å²) < 4.78 is 65.4. The Bertz CT molecular complexity index is 1190. The summed E-state index contributed by atoms with van der Waals surface area (Å²) in [5, 5.41) is 3.09. The van der Waals surface area contributed by atoms with Crippen molar-refractivity contribution >= 4 is 39.1 Å². The summed E-state index contributed by atoms with van der Waals surface area (Å²) in [6.45, 7) is 4.28. The zero-order chi connectivity index (χ0) is 27.3. The van der Waals surface area contributed by atoms with E-state index >= 15 is 0 Å². The van der Waals surface area contributed by atoms with Crippen molar-refractivity contribution in [3.05, 3.63) is 64.7 Å². The third-order valence-electron chi connectivity index (χ3n) is 5.26. The summed E-state index contributed by atoms with van der Waals surface area (Å²) in [5.74, 6) is -1.22. The Labute approximate surface area is 214 Å². The number of sulfonamides is 1. The number of carbonyl (C=O) groups is 2. The van der Waals surface area contributed by atoms with E-state index in [-0.39, 0.29) is 24.7 Å². The quantitative estimate of drug-likeness (QED) is 0.476. The minimum Gasteiger partial charge on any atom is -0.352 e. The van der Waals surface area contributed by atoms with Crippen LogP contribution in [0.15, 0.2) is 48.5 Å². The van der Waals surface area contributed by atoms with Crippen molar-refractivity contribution in [2.24, 2.45) is 0 Å². The van der Waals surface area contributed by atoms with Crippen LogP contribution in [0.1, 0.15) is 38.3 Å². The van der Waals surface area contributed by atoms with E-state index in [0.29, 0.717) is 21.0 Å². The molecular weight excluding hydrogens is 519 g/mol. The predicted octanol–water partition coefficient (Wildman–Crippen LogP) is 4.46. The first-order valence-corrected chi connectivity index (χ1v) is 13.4. The van der Waals surface area contributed by atoms with E-state index in [1.807, 2.05) is 0 Å². The first-order valence-electron chi connectivity index (χ1n) is 11.1. The van der Waals surface area contributed by atoms with Crippen LogP contribution in [0.4, 0.5) is 18.9 Å². The first-order chi connectivity index (χ1) is 16.6. The van der Waals surface area contributed by atoms with Crippen molar-refractivity contribution in [2.45, 2.75) is 52.0 Å². The topological polar surface area (TPSA) is 86.8 Å². The molecule has 7 nitrogen and oxygen atoms in total. The highest BCUT2D eigenvalue weighted by atomic mass is 35.5. The highest BCUT2D eigenvalue weighted by Crippen LogP contribution is 2.32. The van der Waals surface area contributed by atoms with Gasteiger partial charge in [-0.25, -0.2) is 8.42 Å². The molecule has 1 N–H and O–H groups in total. The van der Waals surface area contributed by atoms with Crippen LogP contribution in [0.3, 0.4) is 0 Å². The van der Waals surface area contributed by atoms with Gasteiger partial charge in [0.05, 0.1) is 17.5 Å². The number of benzene rings is 2. The van der Waals surface area contributed by atoms with Crippen LogP contribution in [0, 0.1) is 0 Å². The van der Waals surface area contributed by atoms with Crippen LogP contribution in [0.25, 0.3) is 0 Å². The second-order valence-electron chi connectivity index (χ2n) is 8.52. The second kappa shape index (κ2) is 12.0. The molecule has 0 spiro atoms. The number of rotatable bonds is 10. The molecule has 198 valence electrons. The molecule has 0 aliphatic rings. The highest BCUT2D eigenvalue weighted by Gasteiger charge is 2.34. The largest absolute Gasteiger partial charge is 0.416 e. The van der Waals surface area contributed by atoms with E-state index in [1.165, 1.54) is 11.0 Å². The molecule has 0 aromatic heterocycles. The minimum atomic E-state index is -4.71. The number of nitrogens with zero attached hydrogens (tertiary/aromatic N) is 2. The Kier molecular flexibility index (Phi) is 9.78. The SMILES string of the molecule is CCC(C(=O)NC(C)C)N(Cc1ccccc1Cl)C(=O)CN(c1cccc(C(F)(F)F)c1)S(C)(=O)=O. The molecular formula is C24H29ClF3N3O4S. The molecule has 0 bridgehead atoms. The van der Waals surface area contributed by atoms with Crippen molar-refractivity contribution in [3.8, 4) is 0 Å². The van der Waals surface area contributed by atoms with E-state index in [2.05, 4.69) is 5.32 Å². The molecule has 36 heavy (non-hydrogen) atoms. The van der Waals surface area contributed by atoms with Gasteiger partial charge in [-0.2, -0.15) is 13.2 Å². The van der Waals surface area contributed by atoms with Gasteiger partial charge in [-0.15, -0.1) is 0 Å². The second-order valence-corrected chi connectivity index (χ2v) is 10.8. The Hall–Kier alpha value is -2.79. The average Bonchev–Trinajstić information content (AvgIpc) is 2.76. The summed E-state index contributed by atoms with van der Waals surface area (Å²) in [7, 11) is -4.17. The van der Waals surface area contributed by atoms with Gasteiger partial charge in [0.2, 0.25) is 21.8 Å². The van der Waals surface area contributed by atoms with Crippen molar-refractivity contribution < 1.29 is 31.2 Å². The lowest BCUT2D eigenvalue weighted by Crippen LogP contribution is -2.53. The third-order valence-corrected chi connectivity index (χ3v) is 6.77. The van der Waals surface area contributed by atoms with E-state index < -0.39 is 46.2 Å². The van der Waals surface area contributed by atoms with Crippen molar-refractivity contribution in [3.63, 3.8) is 0 Å². The third kappa shape index (κ3) is 7.86. The molecule has 0 heterocycles. The zero-order valence-corrected chi connectivity index (χ0v) is 21.9. The lowest BCUT2D eigenvalue weighted by atomic mass is 10.1. The predicted molar refractivity (Wildman–Crippen MR) is 133 cm³/mol. The van der Waals surface area contributed by atoms with Gasteiger partial charge in [-0.05, 0) is 50.1 Å². The normalized spacial score (nSPS) is 12.8. The molecule has 0 saturated heterocycles. The fourth-order valence-corrected chi connectivity index (χ4v) is 4.60. The van der Waals surface area contributed by atoms with Crippen LogP contribution >= 0.6 is 11.6 Å². The summed E-state index contributed by atoms with van der Waals surface area (Å²) in [5.41, 5.74) is -0.858. The molecule has 0 radical (unpaired) electrons. The Balaban J connectivity index is 2.51. The van der Waals surface area contributed by atoms with Gasteiger partial charge in [0.1, 0.15) is 12.6 Å². The van der Waals surface area contributed by atoms with Gasteiger partial charge in [0.25, 0.3) is 0 Å².